The fraction of sp³-hybridized carbons (Fsp3) is 0.417. The Kier molecular flexibility index (Phi) is 4.31. The number of anilines is 1. The van der Waals surface area contributed by atoms with Crippen LogP contribution in [0.15, 0.2) is 18.3 Å². The number of hydrogen-bond donors (Lipinski definition) is 1. The van der Waals surface area contributed by atoms with Crippen molar-refractivity contribution in [3.8, 4) is 0 Å². The number of hydrogen-bond acceptors (Lipinski definition) is 6. The molecule has 112 valence electrons. The quantitative estimate of drug-likeness (QED) is 0.476. The molecule has 0 atom stereocenters. The standard InChI is InChI=1S/C12H14N4O5/c17-11(7-12(18)19)15-5-3-14(4-6-15)9-1-2-10(13-8-9)16(20)21/h1-2,8H,3-7H2,(H,18,19). The summed E-state index contributed by atoms with van der Waals surface area (Å²) in [5.41, 5.74) is 0.742. The molecule has 0 saturated carbocycles. The van der Waals surface area contributed by atoms with Crippen molar-refractivity contribution in [1.82, 2.24) is 9.88 Å². The van der Waals surface area contributed by atoms with Crippen molar-refractivity contribution in [2.24, 2.45) is 0 Å². The first-order chi connectivity index (χ1) is 9.97. The van der Waals surface area contributed by atoms with E-state index in [2.05, 4.69) is 4.98 Å². The number of rotatable bonds is 4. The lowest BCUT2D eigenvalue weighted by molar-refractivity contribution is -0.389. The highest BCUT2D eigenvalue weighted by Gasteiger charge is 2.23. The fourth-order valence-electron chi connectivity index (χ4n) is 2.13. The maximum atomic E-state index is 11.6. The van der Waals surface area contributed by atoms with Gasteiger partial charge >= 0.3 is 11.8 Å². The molecule has 9 heteroatoms. The van der Waals surface area contributed by atoms with Gasteiger partial charge in [0.15, 0.2) is 6.20 Å². The normalized spacial score (nSPS) is 14.9. The molecule has 9 nitrogen and oxygen atoms in total. The predicted molar refractivity (Wildman–Crippen MR) is 71.9 cm³/mol. The third kappa shape index (κ3) is 3.65. The van der Waals surface area contributed by atoms with Crippen LogP contribution in [-0.4, -0.2) is 58.0 Å². The van der Waals surface area contributed by atoms with E-state index in [4.69, 9.17) is 5.11 Å². The summed E-state index contributed by atoms with van der Waals surface area (Å²) in [6, 6.07) is 2.94. The minimum absolute atomic E-state index is 0.214. The highest BCUT2D eigenvalue weighted by molar-refractivity contribution is 5.93. The first-order valence-corrected chi connectivity index (χ1v) is 6.32. The molecule has 1 fully saturated rings. The lowest BCUT2D eigenvalue weighted by atomic mass is 10.2. The number of pyridine rings is 1. The number of carboxylic acid groups (broad SMARTS) is 1. The van der Waals surface area contributed by atoms with E-state index in [0.717, 1.165) is 5.69 Å². The van der Waals surface area contributed by atoms with Gasteiger partial charge in [-0.05, 0) is 16.0 Å². The van der Waals surface area contributed by atoms with Crippen molar-refractivity contribution >= 4 is 23.4 Å². The van der Waals surface area contributed by atoms with Crippen LogP contribution >= 0.6 is 0 Å². The Morgan fingerprint density at radius 2 is 1.95 bits per heavy atom. The van der Waals surface area contributed by atoms with Crippen molar-refractivity contribution in [2.75, 3.05) is 31.1 Å². The molecule has 1 aliphatic rings. The van der Waals surface area contributed by atoms with E-state index in [-0.39, 0.29) is 5.82 Å². The number of carboxylic acids is 1. The zero-order valence-electron chi connectivity index (χ0n) is 11.1. The largest absolute Gasteiger partial charge is 0.481 e. The molecular formula is C12H14N4O5. The Hall–Kier alpha value is -2.71. The maximum absolute atomic E-state index is 11.6. The Labute approximate surface area is 119 Å². The highest BCUT2D eigenvalue weighted by Crippen LogP contribution is 2.18. The molecule has 0 spiro atoms. The number of carbonyl (C=O) groups excluding carboxylic acids is 1. The summed E-state index contributed by atoms with van der Waals surface area (Å²) in [6.45, 7) is 1.90. The summed E-state index contributed by atoms with van der Waals surface area (Å²) < 4.78 is 0. The molecule has 2 heterocycles. The summed E-state index contributed by atoms with van der Waals surface area (Å²) in [4.78, 5) is 39.3. The van der Waals surface area contributed by atoms with Crippen LogP contribution < -0.4 is 4.90 Å². The number of carbonyl (C=O) groups is 2. The number of nitro groups is 1. The predicted octanol–water partition coefficient (Wildman–Crippen LogP) is 0.113. The number of amides is 1. The Morgan fingerprint density at radius 1 is 1.29 bits per heavy atom. The van der Waals surface area contributed by atoms with E-state index < -0.39 is 23.2 Å². The van der Waals surface area contributed by atoms with Crippen molar-refractivity contribution < 1.29 is 19.6 Å². The molecule has 1 N–H and O–H groups in total. The SMILES string of the molecule is O=C(O)CC(=O)N1CCN(c2ccc([N+](=O)[O-])nc2)CC1. The van der Waals surface area contributed by atoms with Gasteiger partial charge in [0.2, 0.25) is 5.91 Å². The van der Waals surface area contributed by atoms with Crippen LogP contribution in [0.4, 0.5) is 11.5 Å². The van der Waals surface area contributed by atoms with Gasteiger partial charge in [-0.2, -0.15) is 0 Å². The Morgan fingerprint density at radius 3 is 2.43 bits per heavy atom. The van der Waals surface area contributed by atoms with Crippen LogP contribution in [-0.2, 0) is 9.59 Å². The zero-order chi connectivity index (χ0) is 15.4. The lowest BCUT2D eigenvalue weighted by Crippen LogP contribution is -2.49. The van der Waals surface area contributed by atoms with Crippen molar-refractivity contribution in [3.63, 3.8) is 0 Å². The lowest BCUT2D eigenvalue weighted by Gasteiger charge is -2.35. The number of piperazine rings is 1. The van der Waals surface area contributed by atoms with E-state index in [1.807, 2.05) is 4.90 Å². The van der Waals surface area contributed by atoms with E-state index in [0.29, 0.717) is 26.2 Å². The van der Waals surface area contributed by atoms with Gasteiger partial charge in [-0.15, -0.1) is 0 Å². The van der Waals surface area contributed by atoms with Crippen LogP contribution in [0.5, 0.6) is 0 Å². The first kappa shape index (κ1) is 14.7. The molecule has 0 aromatic carbocycles. The molecular weight excluding hydrogens is 280 g/mol. The van der Waals surface area contributed by atoms with Crippen LogP contribution in [0.1, 0.15) is 6.42 Å². The smallest absolute Gasteiger partial charge is 0.363 e. The molecule has 0 aliphatic carbocycles. The number of aromatic nitrogens is 1. The zero-order valence-corrected chi connectivity index (χ0v) is 11.1. The minimum Gasteiger partial charge on any atom is -0.481 e. The first-order valence-electron chi connectivity index (χ1n) is 6.32. The summed E-state index contributed by atoms with van der Waals surface area (Å²) in [7, 11) is 0. The molecule has 1 saturated heterocycles. The van der Waals surface area contributed by atoms with E-state index in [1.165, 1.54) is 17.2 Å². The summed E-state index contributed by atoms with van der Waals surface area (Å²) in [6.07, 6.45) is 0.923. The van der Waals surface area contributed by atoms with Gasteiger partial charge in [-0.3, -0.25) is 9.59 Å². The molecule has 0 unspecified atom stereocenters. The Bertz CT molecular complexity index is 551. The second-order valence-electron chi connectivity index (χ2n) is 4.57. The van der Waals surface area contributed by atoms with Gasteiger partial charge in [0, 0.05) is 32.2 Å². The monoisotopic (exact) mass is 294 g/mol. The Balaban J connectivity index is 1.93. The molecule has 1 amide bonds. The van der Waals surface area contributed by atoms with Crippen LogP contribution in [0.2, 0.25) is 0 Å². The molecule has 2 rings (SSSR count). The second-order valence-corrected chi connectivity index (χ2v) is 4.57. The van der Waals surface area contributed by atoms with Gasteiger partial charge < -0.3 is 25.0 Å². The van der Waals surface area contributed by atoms with Crippen molar-refractivity contribution in [2.45, 2.75) is 6.42 Å². The molecule has 0 bridgehead atoms. The van der Waals surface area contributed by atoms with Gasteiger partial charge in [-0.1, -0.05) is 0 Å². The van der Waals surface area contributed by atoms with Gasteiger partial charge in [0.05, 0.1) is 5.69 Å². The number of nitrogens with zero attached hydrogens (tertiary/aromatic N) is 4. The van der Waals surface area contributed by atoms with E-state index >= 15 is 0 Å². The average Bonchev–Trinajstić information content (AvgIpc) is 2.47. The van der Waals surface area contributed by atoms with E-state index in [1.54, 1.807) is 6.07 Å². The molecule has 1 aromatic heterocycles. The highest BCUT2D eigenvalue weighted by atomic mass is 16.6. The van der Waals surface area contributed by atoms with E-state index in [9.17, 15) is 19.7 Å². The molecule has 1 aromatic rings. The molecule has 1 aliphatic heterocycles. The van der Waals surface area contributed by atoms with Crippen LogP contribution in [0.25, 0.3) is 0 Å². The molecule has 0 radical (unpaired) electrons. The van der Waals surface area contributed by atoms with Gasteiger partial charge in [0.1, 0.15) is 6.42 Å². The van der Waals surface area contributed by atoms with Crippen LogP contribution in [0.3, 0.4) is 0 Å². The van der Waals surface area contributed by atoms with Crippen LogP contribution in [0, 0.1) is 10.1 Å². The summed E-state index contributed by atoms with van der Waals surface area (Å²) >= 11 is 0. The van der Waals surface area contributed by atoms with Gasteiger partial charge in [-0.25, -0.2) is 0 Å². The average molecular weight is 294 g/mol. The fourth-order valence-corrected chi connectivity index (χ4v) is 2.13. The second kappa shape index (κ2) is 6.16. The topological polar surface area (TPSA) is 117 Å². The van der Waals surface area contributed by atoms with Gasteiger partial charge in [0.25, 0.3) is 0 Å². The minimum atomic E-state index is -1.14. The third-order valence-corrected chi connectivity index (χ3v) is 3.22. The van der Waals surface area contributed by atoms with Crippen molar-refractivity contribution in [3.05, 3.63) is 28.4 Å². The maximum Gasteiger partial charge on any atom is 0.363 e. The third-order valence-electron chi connectivity index (χ3n) is 3.22. The number of aliphatic carboxylic acids is 1. The summed E-state index contributed by atoms with van der Waals surface area (Å²) in [5.74, 6) is -1.75. The summed E-state index contributed by atoms with van der Waals surface area (Å²) in [5, 5.41) is 19.1. The molecule has 21 heavy (non-hydrogen) atoms. The van der Waals surface area contributed by atoms with Crippen molar-refractivity contribution in [1.29, 1.82) is 0 Å².